The van der Waals surface area contributed by atoms with Crippen LogP contribution < -0.4 is 0 Å². The third-order valence-electron chi connectivity index (χ3n) is 2.90. The van der Waals surface area contributed by atoms with Crippen molar-refractivity contribution in [2.24, 2.45) is 5.92 Å². The van der Waals surface area contributed by atoms with Crippen LogP contribution in [0.25, 0.3) is 0 Å². The molecule has 1 rings (SSSR count). The predicted molar refractivity (Wildman–Crippen MR) is 90.2 cm³/mol. The molecule has 1 N–H and O–H groups in total. The van der Waals surface area contributed by atoms with E-state index in [0.717, 1.165) is 6.08 Å². The average Bonchev–Trinajstić information content (AvgIpc) is 2.46. The molecule has 0 spiro atoms. The lowest BCUT2D eigenvalue weighted by molar-refractivity contribution is -0.146. The van der Waals surface area contributed by atoms with Gasteiger partial charge in [-0.05, 0) is 44.9 Å². The molecule has 24 heavy (non-hydrogen) atoms. The van der Waals surface area contributed by atoms with Crippen molar-refractivity contribution in [3.63, 3.8) is 0 Å². The highest BCUT2D eigenvalue weighted by Gasteiger charge is 2.24. The Morgan fingerprint density at radius 3 is 2.33 bits per heavy atom. The zero-order chi connectivity index (χ0) is 18.5. The first-order valence-corrected chi connectivity index (χ1v) is 8.90. The largest absolute Gasteiger partial charge is 0.456 e. The zero-order valence-electron chi connectivity index (χ0n) is 14.2. The van der Waals surface area contributed by atoms with E-state index in [4.69, 9.17) is 10.1 Å². The minimum Gasteiger partial charge on any atom is -0.456 e. The summed E-state index contributed by atoms with van der Waals surface area (Å²) < 4.78 is 43.3. The van der Waals surface area contributed by atoms with Gasteiger partial charge in [0.25, 0.3) is 0 Å². The van der Waals surface area contributed by atoms with Crippen LogP contribution >= 0.6 is 0 Å². The van der Waals surface area contributed by atoms with Crippen molar-refractivity contribution in [1.82, 2.24) is 0 Å². The quantitative estimate of drug-likeness (QED) is 0.623. The Labute approximate surface area is 142 Å². The number of hydrogen-bond donors (Lipinski definition) is 1. The van der Waals surface area contributed by atoms with Gasteiger partial charge < -0.3 is 4.74 Å². The lowest BCUT2D eigenvalue weighted by Crippen LogP contribution is -2.29. The number of hydrogen-bond acceptors (Lipinski definition) is 5. The molecule has 5 nitrogen and oxygen atoms in total. The van der Waals surface area contributed by atoms with E-state index in [9.17, 15) is 17.6 Å². The number of carbonyl (C=O) groups excluding carboxylic acids is 1. The first-order valence-electron chi connectivity index (χ1n) is 7.41. The highest BCUT2D eigenvalue weighted by Crippen LogP contribution is 2.22. The van der Waals surface area contributed by atoms with Crippen molar-refractivity contribution >= 4 is 21.5 Å². The number of sulfone groups is 1. The minimum absolute atomic E-state index is 0.118. The van der Waals surface area contributed by atoms with Crippen molar-refractivity contribution in [3.05, 3.63) is 41.6 Å². The Balaban J connectivity index is 2.82. The molecule has 7 heteroatoms. The number of halogens is 1. The Bertz CT molecular complexity index is 734. The molecule has 132 valence electrons. The van der Waals surface area contributed by atoms with E-state index in [2.05, 4.69) is 0 Å². The van der Waals surface area contributed by atoms with Crippen LogP contribution in [0.15, 0.2) is 46.5 Å². The maximum Gasteiger partial charge on any atom is 0.352 e. The number of carbonyl (C=O) groups is 1. The van der Waals surface area contributed by atoms with Crippen molar-refractivity contribution < 1.29 is 22.3 Å². The summed E-state index contributed by atoms with van der Waals surface area (Å²) in [5.41, 5.74) is -1.07. The molecule has 1 unspecified atom stereocenters. The first kappa shape index (κ1) is 20.0. The summed E-state index contributed by atoms with van der Waals surface area (Å²) in [5, 5.41) is 6.40. The molecule has 0 aromatic heterocycles. The van der Waals surface area contributed by atoms with E-state index in [1.807, 2.05) is 0 Å². The molecule has 0 aliphatic rings. The van der Waals surface area contributed by atoms with E-state index in [1.54, 1.807) is 26.8 Å². The van der Waals surface area contributed by atoms with Gasteiger partial charge in [0.15, 0.2) is 0 Å². The Kier molecular flexibility index (Phi) is 6.42. The molecule has 1 aromatic carbocycles. The summed E-state index contributed by atoms with van der Waals surface area (Å²) in [5.74, 6) is -1.45. The number of nitrogens with one attached hydrogen (secondary N) is 1. The van der Waals surface area contributed by atoms with Crippen molar-refractivity contribution in [1.29, 1.82) is 5.41 Å². The fraction of sp³-hybridized carbons (Fsp3) is 0.412. The first-order chi connectivity index (χ1) is 10.9. The highest BCUT2D eigenvalue weighted by atomic mass is 32.2. The summed E-state index contributed by atoms with van der Waals surface area (Å²) in [6.45, 7) is 6.55. The normalized spacial score (nSPS) is 14.1. The van der Waals surface area contributed by atoms with E-state index >= 15 is 0 Å². The summed E-state index contributed by atoms with van der Waals surface area (Å²) in [7, 11) is -4.21. The minimum atomic E-state index is -4.21. The maximum atomic E-state index is 14.1. The monoisotopic (exact) mass is 355 g/mol. The topological polar surface area (TPSA) is 84.3 Å². The van der Waals surface area contributed by atoms with Crippen LogP contribution in [0.4, 0.5) is 4.39 Å². The van der Waals surface area contributed by atoms with Gasteiger partial charge in [-0.2, -0.15) is 4.39 Å². The summed E-state index contributed by atoms with van der Waals surface area (Å²) >= 11 is 0. The Morgan fingerprint density at radius 2 is 1.83 bits per heavy atom. The number of ether oxygens (including phenoxy) is 1. The molecular formula is C17H22FNO4S. The van der Waals surface area contributed by atoms with Gasteiger partial charge in [-0.25, -0.2) is 13.2 Å². The molecule has 0 saturated heterocycles. The van der Waals surface area contributed by atoms with Crippen LogP contribution in [-0.2, 0) is 19.4 Å². The van der Waals surface area contributed by atoms with Gasteiger partial charge >= 0.3 is 5.97 Å². The fourth-order valence-electron chi connectivity index (χ4n) is 1.83. The van der Waals surface area contributed by atoms with Gasteiger partial charge in [0.1, 0.15) is 11.3 Å². The van der Waals surface area contributed by atoms with Gasteiger partial charge in [-0.3, -0.25) is 5.41 Å². The van der Waals surface area contributed by atoms with Crippen LogP contribution in [0.3, 0.4) is 0 Å². The fourth-order valence-corrected chi connectivity index (χ4v) is 2.98. The number of allylic oxidation sites excluding steroid dienone is 1. The van der Waals surface area contributed by atoms with Crippen molar-refractivity contribution in [2.45, 2.75) is 44.6 Å². The molecule has 0 aliphatic heterocycles. The molecular weight excluding hydrogens is 333 g/mol. The van der Waals surface area contributed by atoms with Gasteiger partial charge in [0, 0.05) is 6.42 Å². The lowest BCUT2D eigenvalue weighted by atomic mass is 10.0. The number of benzene rings is 1. The Morgan fingerprint density at radius 1 is 1.29 bits per heavy atom. The standard InChI is InChI=1S/C17H22FNO4S/c1-12(10-14(19)16(20)23-17(2,3)4)11-15(18)24(21,22)13-8-6-5-7-9-13/h5-9,11-12,19H,10H2,1-4H3/b15-11+,19-14?. The summed E-state index contributed by atoms with van der Waals surface area (Å²) in [6.07, 6.45) is 0.786. The maximum absolute atomic E-state index is 14.1. The molecule has 1 aromatic rings. The lowest BCUT2D eigenvalue weighted by Gasteiger charge is -2.20. The number of rotatable bonds is 6. The molecule has 0 heterocycles. The van der Waals surface area contributed by atoms with Crippen LogP contribution in [0.2, 0.25) is 0 Å². The van der Waals surface area contributed by atoms with Gasteiger partial charge in [0.2, 0.25) is 15.0 Å². The molecule has 0 fully saturated rings. The van der Waals surface area contributed by atoms with E-state index in [1.165, 1.54) is 31.2 Å². The molecule has 1 atom stereocenters. The second kappa shape index (κ2) is 7.70. The van der Waals surface area contributed by atoms with Crippen LogP contribution in [0.1, 0.15) is 34.1 Å². The summed E-state index contributed by atoms with van der Waals surface area (Å²) in [4.78, 5) is 11.6. The van der Waals surface area contributed by atoms with Crippen molar-refractivity contribution in [3.8, 4) is 0 Å². The molecule has 0 radical (unpaired) electrons. The van der Waals surface area contributed by atoms with E-state index in [0.29, 0.717) is 0 Å². The molecule has 0 aliphatic carbocycles. The van der Waals surface area contributed by atoms with Crippen LogP contribution in [0, 0.1) is 11.3 Å². The third-order valence-corrected chi connectivity index (χ3v) is 4.44. The Hall–Kier alpha value is -2.02. The van der Waals surface area contributed by atoms with Gasteiger partial charge in [-0.15, -0.1) is 0 Å². The molecule has 0 amide bonds. The van der Waals surface area contributed by atoms with E-state index in [-0.39, 0.29) is 17.0 Å². The second-order valence-electron chi connectivity index (χ2n) is 6.45. The van der Waals surface area contributed by atoms with Crippen molar-refractivity contribution in [2.75, 3.05) is 0 Å². The highest BCUT2D eigenvalue weighted by molar-refractivity contribution is 7.95. The van der Waals surface area contributed by atoms with E-state index < -0.39 is 32.5 Å². The smallest absolute Gasteiger partial charge is 0.352 e. The summed E-state index contributed by atoms with van der Waals surface area (Å²) in [6, 6.07) is 7.24. The van der Waals surface area contributed by atoms with Crippen LogP contribution in [-0.4, -0.2) is 25.7 Å². The predicted octanol–water partition coefficient (Wildman–Crippen LogP) is 3.66. The zero-order valence-corrected chi connectivity index (χ0v) is 15.0. The van der Waals surface area contributed by atoms with Crippen LogP contribution in [0.5, 0.6) is 0 Å². The molecule has 0 bridgehead atoms. The number of esters is 1. The average molecular weight is 355 g/mol. The van der Waals surface area contributed by atoms with Gasteiger partial charge in [-0.1, -0.05) is 25.1 Å². The third kappa shape index (κ3) is 5.88. The van der Waals surface area contributed by atoms with Gasteiger partial charge in [0.05, 0.1) is 4.90 Å². The SMILES string of the molecule is CC(/C=C(\F)S(=O)(=O)c1ccccc1)CC(=N)C(=O)OC(C)(C)C. The second-order valence-corrected chi connectivity index (χ2v) is 8.32. The molecule has 0 saturated carbocycles.